The molecule has 0 bridgehead atoms. The molecule has 14 heteroatoms. The molecule has 0 aromatic heterocycles. The van der Waals surface area contributed by atoms with E-state index in [1.807, 2.05) is 19.0 Å². The van der Waals surface area contributed by atoms with E-state index in [2.05, 4.69) is 5.32 Å². The molecule has 0 unspecified atom stereocenters. The fraction of sp³-hybridized carbons (Fsp3) is 0.484. The summed E-state index contributed by atoms with van der Waals surface area (Å²) in [6, 6.07) is 6.66. The summed E-state index contributed by atoms with van der Waals surface area (Å²) in [5, 5.41) is 2.40. The second kappa shape index (κ2) is 13.0. The van der Waals surface area contributed by atoms with Crippen molar-refractivity contribution in [2.75, 3.05) is 52.3 Å². The highest BCUT2D eigenvalue weighted by molar-refractivity contribution is 6.16. The zero-order valence-corrected chi connectivity index (χ0v) is 25.8. The topological polar surface area (TPSA) is 102 Å². The first-order valence-corrected chi connectivity index (χ1v) is 14.5. The minimum atomic E-state index is -4.79. The average Bonchev–Trinajstić information content (AvgIpc) is 3.15. The van der Waals surface area contributed by atoms with Gasteiger partial charge < -0.3 is 19.9 Å². The zero-order valence-electron chi connectivity index (χ0n) is 25.8. The number of rotatable bonds is 9. The number of likely N-dealkylation sites (N-methyl/N-ethyl adjacent to an activating group) is 2. The molecule has 45 heavy (non-hydrogen) atoms. The molecule has 1 spiro atoms. The lowest BCUT2D eigenvalue weighted by Crippen LogP contribution is -2.60. The van der Waals surface area contributed by atoms with E-state index in [-0.39, 0.29) is 25.9 Å². The normalized spacial score (nSPS) is 17.4. The average molecular weight is 636 g/mol. The lowest BCUT2D eigenvalue weighted by Gasteiger charge is -2.43. The van der Waals surface area contributed by atoms with Gasteiger partial charge in [0, 0.05) is 32.4 Å². The number of likely N-dealkylation sites (tertiary alicyclic amines) is 1. The number of benzene rings is 2. The van der Waals surface area contributed by atoms with Crippen molar-refractivity contribution in [2.45, 2.75) is 44.4 Å². The molecule has 2 aliphatic heterocycles. The molecular weight excluding hydrogens is 598 g/mol. The number of alkyl halides is 3. The third-order valence-corrected chi connectivity index (χ3v) is 8.17. The second-order valence-electron chi connectivity index (χ2n) is 11.9. The van der Waals surface area contributed by atoms with Gasteiger partial charge in [-0.3, -0.25) is 24.2 Å². The Hall–Kier alpha value is -4.20. The van der Waals surface area contributed by atoms with E-state index in [1.54, 1.807) is 38.1 Å². The number of halogens is 4. The molecule has 2 aromatic rings. The Morgan fingerprint density at radius 1 is 1.04 bits per heavy atom. The van der Waals surface area contributed by atoms with Gasteiger partial charge in [-0.1, -0.05) is 13.8 Å². The minimum Gasteiger partial charge on any atom is -0.492 e. The minimum absolute atomic E-state index is 0.0605. The number of amides is 5. The predicted molar refractivity (Wildman–Crippen MR) is 157 cm³/mol. The third-order valence-electron chi connectivity index (χ3n) is 8.17. The second-order valence-corrected chi connectivity index (χ2v) is 11.9. The Morgan fingerprint density at radius 3 is 2.22 bits per heavy atom. The van der Waals surface area contributed by atoms with Gasteiger partial charge in [0.05, 0.1) is 11.1 Å². The van der Waals surface area contributed by atoms with Gasteiger partial charge in [-0.05, 0) is 75.3 Å². The molecule has 1 N–H and O–H groups in total. The first-order valence-electron chi connectivity index (χ1n) is 14.5. The highest BCUT2D eigenvalue weighted by Gasteiger charge is 2.58. The quantitative estimate of drug-likeness (QED) is 0.330. The number of ether oxygens (including phenoxy) is 1. The predicted octanol–water partition coefficient (Wildman–Crippen LogP) is 4.00. The summed E-state index contributed by atoms with van der Waals surface area (Å²) in [7, 11) is 5.26. The van der Waals surface area contributed by atoms with Crippen molar-refractivity contribution in [1.29, 1.82) is 0 Å². The van der Waals surface area contributed by atoms with Crippen molar-refractivity contribution in [3.8, 4) is 5.75 Å². The number of nitrogens with zero attached hydrogens (tertiary/aromatic N) is 4. The number of nitrogens with one attached hydrogen (secondary N) is 1. The Bertz CT molecular complexity index is 1440. The van der Waals surface area contributed by atoms with Crippen LogP contribution in [0.25, 0.3) is 0 Å². The van der Waals surface area contributed by atoms with E-state index >= 15 is 0 Å². The SMILES string of the molecule is CC(C)[C@@H](NC(=O)c1cc(C(F)(F)F)ccc1F)C(=O)N1CCC2(CC1)C(=O)N(C)C(=O)N2c1ccc(OCCN(C)C)cc1. The van der Waals surface area contributed by atoms with Gasteiger partial charge in [0.25, 0.3) is 11.8 Å². The lowest BCUT2D eigenvalue weighted by atomic mass is 9.85. The number of carbonyl (C=O) groups is 4. The van der Waals surface area contributed by atoms with Gasteiger partial charge in [0.15, 0.2) is 0 Å². The first-order chi connectivity index (χ1) is 21.1. The number of anilines is 1. The maximum Gasteiger partial charge on any atom is 0.416 e. The van der Waals surface area contributed by atoms with E-state index < -0.39 is 64.4 Å². The molecule has 2 fully saturated rings. The van der Waals surface area contributed by atoms with Gasteiger partial charge in [-0.15, -0.1) is 0 Å². The molecule has 0 saturated carbocycles. The number of carbonyl (C=O) groups excluding carboxylic acids is 4. The van der Waals surface area contributed by atoms with Gasteiger partial charge in [0.2, 0.25) is 5.91 Å². The summed E-state index contributed by atoms with van der Waals surface area (Å²) < 4.78 is 59.6. The van der Waals surface area contributed by atoms with E-state index in [9.17, 15) is 36.7 Å². The maximum atomic E-state index is 14.4. The number of urea groups is 1. The summed E-state index contributed by atoms with van der Waals surface area (Å²) in [5.74, 6) is -3.14. The molecule has 10 nitrogen and oxygen atoms in total. The molecule has 2 aromatic carbocycles. The Morgan fingerprint density at radius 2 is 1.67 bits per heavy atom. The summed E-state index contributed by atoms with van der Waals surface area (Å²) in [6.07, 6.45) is -4.58. The summed E-state index contributed by atoms with van der Waals surface area (Å²) in [4.78, 5) is 59.1. The van der Waals surface area contributed by atoms with Crippen molar-refractivity contribution in [2.24, 2.45) is 5.92 Å². The summed E-state index contributed by atoms with van der Waals surface area (Å²) in [5.41, 5.74) is -2.77. The van der Waals surface area contributed by atoms with Crippen LogP contribution >= 0.6 is 0 Å². The molecule has 5 amide bonds. The van der Waals surface area contributed by atoms with Gasteiger partial charge in [-0.25, -0.2) is 9.18 Å². The highest BCUT2D eigenvalue weighted by Crippen LogP contribution is 2.41. The Labute approximate surface area is 258 Å². The van der Waals surface area contributed by atoms with Crippen molar-refractivity contribution in [1.82, 2.24) is 20.0 Å². The summed E-state index contributed by atoms with van der Waals surface area (Å²) in [6.45, 7) is 4.58. The van der Waals surface area contributed by atoms with E-state index in [4.69, 9.17) is 4.74 Å². The van der Waals surface area contributed by atoms with Crippen LogP contribution in [0.4, 0.5) is 28.0 Å². The Balaban J connectivity index is 1.49. The standard InChI is InChI=1S/C31H37F4N5O5/c1-19(2)25(36-26(41)23-18-20(31(33,34)35)6-11-24(23)32)27(42)39-14-12-30(13-15-39)28(43)38(5)29(44)40(30)21-7-9-22(10-8-21)45-17-16-37(3)4/h6-11,18-19,25H,12-17H2,1-5H3,(H,36,41)/t25-/m1/s1. The van der Waals surface area contributed by atoms with Crippen LogP contribution in [-0.4, -0.2) is 97.4 Å². The molecule has 1 atom stereocenters. The van der Waals surface area contributed by atoms with Crippen LogP contribution in [0.15, 0.2) is 42.5 Å². The molecule has 0 aliphatic carbocycles. The van der Waals surface area contributed by atoms with Crippen LogP contribution in [0.1, 0.15) is 42.6 Å². The highest BCUT2D eigenvalue weighted by atomic mass is 19.4. The zero-order chi connectivity index (χ0) is 33.3. The molecule has 2 saturated heterocycles. The number of hydrogen-bond acceptors (Lipinski definition) is 6. The van der Waals surface area contributed by atoms with E-state index in [1.165, 1.54) is 16.8 Å². The van der Waals surface area contributed by atoms with E-state index in [0.29, 0.717) is 42.8 Å². The number of piperidine rings is 1. The maximum absolute atomic E-state index is 14.4. The van der Waals surface area contributed by atoms with Crippen molar-refractivity contribution >= 4 is 29.4 Å². The van der Waals surface area contributed by atoms with Crippen LogP contribution in [0.3, 0.4) is 0 Å². The molecule has 0 radical (unpaired) electrons. The van der Waals surface area contributed by atoms with Crippen molar-refractivity contribution in [3.63, 3.8) is 0 Å². The van der Waals surface area contributed by atoms with Crippen LogP contribution in [0, 0.1) is 11.7 Å². The molecule has 2 aliphatic rings. The monoisotopic (exact) mass is 635 g/mol. The third kappa shape index (κ3) is 6.90. The largest absolute Gasteiger partial charge is 0.492 e. The van der Waals surface area contributed by atoms with Gasteiger partial charge in [0.1, 0.15) is 29.8 Å². The van der Waals surface area contributed by atoms with Crippen LogP contribution < -0.4 is 15.0 Å². The fourth-order valence-electron chi connectivity index (χ4n) is 5.56. The van der Waals surface area contributed by atoms with E-state index in [0.717, 1.165) is 4.90 Å². The first kappa shape index (κ1) is 33.7. The fourth-order valence-corrected chi connectivity index (χ4v) is 5.56. The molecule has 4 rings (SSSR count). The van der Waals surface area contributed by atoms with Crippen LogP contribution in [0.5, 0.6) is 5.75 Å². The molecule has 2 heterocycles. The molecular formula is C31H37F4N5O5. The number of hydrogen-bond donors (Lipinski definition) is 1. The van der Waals surface area contributed by atoms with Crippen molar-refractivity contribution in [3.05, 3.63) is 59.4 Å². The molecule has 244 valence electrons. The van der Waals surface area contributed by atoms with Gasteiger partial charge >= 0.3 is 12.2 Å². The van der Waals surface area contributed by atoms with Crippen LogP contribution in [0.2, 0.25) is 0 Å². The Kier molecular flexibility index (Phi) is 9.76. The van der Waals surface area contributed by atoms with Crippen LogP contribution in [-0.2, 0) is 15.8 Å². The number of imide groups is 1. The smallest absolute Gasteiger partial charge is 0.416 e. The lowest BCUT2D eigenvalue weighted by molar-refractivity contribution is -0.139. The van der Waals surface area contributed by atoms with Gasteiger partial charge in [-0.2, -0.15) is 13.2 Å². The van der Waals surface area contributed by atoms with Crippen molar-refractivity contribution < 1.29 is 41.5 Å². The summed E-state index contributed by atoms with van der Waals surface area (Å²) >= 11 is 0.